The van der Waals surface area contributed by atoms with Crippen LogP contribution in [0.3, 0.4) is 0 Å². The maximum Gasteiger partial charge on any atom is 0.238 e. The molecule has 2 aliphatic carbocycles. The van der Waals surface area contributed by atoms with Crippen molar-refractivity contribution in [1.29, 1.82) is 0 Å². The maximum atomic E-state index is 12.6. The Morgan fingerprint density at radius 1 is 1.10 bits per heavy atom. The Bertz CT molecular complexity index is 606. The molecule has 102 valence electrons. The number of hydrogen-bond acceptors (Lipinski definition) is 3. The highest BCUT2D eigenvalue weighted by Gasteiger charge is 2.59. The first-order valence-electron chi connectivity index (χ1n) is 6.91. The van der Waals surface area contributed by atoms with Gasteiger partial charge in [-0.3, -0.25) is 9.59 Å². The van der Waals surface area contributed by atoms with Crippen LogP contribution in [0.15, 0.2) is 36.4 Å². The van der Waals surface area contributed by atoms with Crippen molar-refractivity contribution in [2.45, 2.75) is 6.42 Å². The Morgan fingerprint density at radius 3 is 2.35 bits per heavy atom. The number of hydrogen-bond donors (Lipinski definition) is 0. The smallest absolute Gasteiger partial charge is 0.238 e. The summed E-state index contributed by atoms with van der Waals surface area (Å²) in [5.74, 6) is 0.748. The van der Waals surface area contributed by atoms with E-state index < -0.39 is 0 Å². The van der Waals surface area contributed by atoms with Crippen molar-refractivity contribution in [2.24, 2.45) is 23.7 Å². The average Bonchev–Trinajstić information content (AvgIpc) is 3.13. The second kappa shape index (κ2) is 3.95. The number of carbonyl (C=O) groups excluding carboxylic acids is 2. The number of amides is 2. The number of benzene rings is 1. The van der Waals surface area contributed by atoms with Crippen LogP contribution >= 0.6 is 0 Å². The molecule has 1 aromatic carbocycles. The summed E-state index contributed by atoms with van der Waals surface area (Å²) in [5.41, 5.74) is 0.619. The van der Waals surface area contributed by atoms with E-state index in [1.807, 2.05) is 0 Å². The van der Waals surface area contributed by atoms with Gasteiger partial charge in [0.2, 0.25) is 11.8 Å². The van der Waals surface area contributed by atoms with Crippen LogP contribution in [0.2, 0.25) is 0 Å². The summed E-state index contributed by atoms with van der Waals surface area (Å²) < 4.78 is 5.17. The first-order chi connectivity index (χ1) is 9.70. The van der Waals surface area contributed by atoms with Crippen LogP contribution in [0.4, 0.5) is 5.69 Å². The van der Waals surface area contributed by atoms with Crippen LogP contribution in [-0.4, -0.2) is 18.9 Å². The number of ether oxygens (including phenoxy) is 1. The van der Waals surface area contributed by atoms with Crippen LogP contribution in [-0.2, 0) is 9.59 Å². The van der Waals surface area contributed by atoms with Crippen molar-refractivity contribution in [1.82, 2.24) is 0 Å². The number of methoxy groups -OCH3 is 1. The molecule has 4 nitrogen and oxygen atoms in total. The third kappa shape index (κ3) is 1.36. The molecule has 4 rings (SSSR count). The zero-order chi connectivity index (χ0) is 13.9. The van der Waals surface area contributed by atoms with Crippen molar-refractivity contribution in [3.05, 3.63) is 36.4 Å². The van der Waals surface area contributed by atoms with Gasteiger partial charge in [0.25, 0.3) is 0 Å². The van der Waals surface area contributed by atoms with Crippen molar-refractivity contribution >= 4 is 17.5 Å². The van der Waals surface area contributed by atoms with Gasteiger partial charge in [0, 0.05) is 6.07 Å². The van der Waals surface area contributed by atoms with Gasteiger partial charge in [0.1, 0.15) is 5.75 Å². The fourth-order valence-electron chi connectivity index (χ4n) is 3.91. The molecule has 0 N–H and O–H groups in total. The average molecular weight is 269 g/mol. The van der Waals surface area contributed by atoms with E-state index >= 15 is 0 Å². The predicted molar refractivity (Wildman–Crippen MR) is 73.2 cm³/mol. The van der Waals surface area contributed by atoms with Gasteiger partial charge >= 0.3 is 0 Å². The second-order valence-electron chi connectivity index (χ2n) is 5.71. The lowest BCUT2D eigenvalue weighted by molar-refractivity contribution is -0.123. The molecule has 2 bridgehead atoms. The van der Waals surface area contributed by atoms with Crippen LogP contribution < -0.4 is 9.64 Å². The van der Waals surface area contributed by atoms with Crippen LogP contribution in [0.25, 0.3) is 0 Å². The first kappa shape index (κ1) is 11.7. The molecule has 1 aromatic rings. The summed E-state index contributed by atoms with van der Waals surface area (Å²) in [6, 6.07) is 7.14. The number of anilines is 1. The van der Waals surface area contributed by atoms with E-state index in [0.717, 1.165) is 6.42 Å². The van der Waals surface area contributed by atoms with Crippen LogP contribution in [0.5, 0.6) is 5.75 Å². The van der Waals surface area contributed by atoms with Gasteiger partial charge in [-0.05, 0) is 30.4 Å². The molecule has 4 heteroatoms. The Kier molecular flexibility index (Phi) is 2.31. The van der Waals surface area contributed by atoms with E-state index in [1.165, 1.54) is 4.90 Å². The third-order valence-electron chi connectivity index (χ3n) is 4.78. The molecule has 1 aliphatic heterocycles. The van der Waals surface area contributed by atoms with Crippen molar-refractivity contribution in [2.75, 3.05) is 12.0 Å². The topological polar surface area (TPSA) is 46.6 Å². The SMILES string of the molecule is COc1cccc(N2C(=O)[C@@H]3[C@H](C2=O)[C@@H]2C=C[C@@H]3C2)c1. The molecule has 0 unspecified atom stereocenters. The lowest BCUT2D eigenvalue weighted by Crippen LogP contribution is -2.32. The van der Waals surface area contributed by atoms with Gasteiger partial charge in [-0.1, -0.05) is 18.2 Å². The number of rotatable bonds is 2. The third-order valence-corrected chi connectivity index (χ3v) is 4.78. The number of nitrogens with zero attached hydrogens (tertiary/aromatic N) is 1. The molecule has 1 saturated carbocycles. The van der Waals surface area contributed by atoms with E-state index in [4.69, 9.17) is 4.74 Å². The van der Waals surface area contributed by atoms with E-state index in [-0.39, 0.29) is 35.5 Å². The van der Waals surface area contributed by atoms with Gasteiger partial charge < -0.3 is 4.74 Å². The summed E-state index contributed by atoms with van der Waals surface area (Å²) in [6.45, 7) is 0. The van der Waals surface area contributed by atoms with Gasteiger partial charge in [-0.15, -0.1) is 0 Å². The molecule has 3 aliphatic rings. The lowest BCUT2D eigenvalue weighted by atomic mass is 9.85. The number of allylic oxidation sites excluding steroid dienone is 2. The van der Waals surface area contributed by atoms with E-state index in [2.05, 4.69) is 12.2 Å². The molecule has 0 radical (unpaired) electrons. The van der Waals surface area contributed by atoms with Gasteiger partial charge in [-0.25, -0.2) is 4.90 Å². The van der Waals surface area contributed by atoms with Gasteiger partial charge in [0.15, 0.2) is 0 Å². The molecular weight excluding hydrogens is 254 g/mol. The minimum absolute atomic E-state index is 0.0508. The fraction of sp³-hybridized carbons (Fsp3) is 0.375. The monoisotopic (exact) mass is 269 g/mol. The van der Waals surface area contributed by atoms with Crippen molar-refractivity contribution in [3.63, 3.8) is 0 Å². The molecule has 4 atom stereocenters. The normalized spacial score (nSPS) is 34.0. The predicted octanol–water partition coefficient (Wildman–Crippen LogP) is 2.01. The largest absolute Gasteiger partial charge is 0.497 e. The highest BCUT2D eigenvalue weighted by Crippen LogP contribution is 2.53. The Morgan fingerprint density at radius 2 is 1.75 bits per heavy atom. The zero-order valence-electron chi connectivity index (χ0n) is 11.2. The zero-order valence-corrected chi connectivity index (χ0v) is 11.2. The second-order valence-corrected chi connectivity index (χ2v) is 5.71. The molecule has 0 aromatic heterocycles. The summed E-state index contributed by atoms with van der Waals surface area (Å²) >= 11 is 0. The standard InChI is InChI=1S/C16H15NO3/c1-20-12-4-2-3-11(8-12)17-15(18)13-9-5-6-10(7-9)14(13)16(17)19/h2-6,8-10,13-14H,7H2,1H3/t9-,10-,13-,14+/m1/s1. The molecule has 1 heterocycles. The summed E-state index contributed by atoms with van der Waals surface area (Å²) in [7, 11) is 1.58. The minimum Gasteiger partial charge on any atom is -0.497 e. The highest BCUT2D eigenvalue weighted by atomic mass is 16.5. The van der Waals surface area contributed by atoms with Gasteiger partial charge in [0.05, 0.1) is 24.6 Å². The summed E-state index contributed by atoms with van der Waals surface area (Å²) in [5, 5.41) is 0. The number of imide groups is 1. The van der Waals surface area contributed by atoms with Crippen LogP contribution in [0, 0.1) is 23.7 Å². The lowest BCUT2D eigenvalue weighted by Gasteiger charge is -2.17. The maximum absolute atomic E-state index is 12.6. The summed E-state index contributed by atoms with van der Waals surface area (Å²) in [6.07, 6.45) is 5.16. The number of carbonyl (C=O) groups is 2. The molecule has 20 heavy (non-hydrogen) atoms. The molecular formula is C16H15NO3. The van der Waals surface area contributed by atoms with E-state index in [0.29, 0.717) is 11.4 Å². The Labute approximate surface area is 117 Å². The Hall–Kier alpha value is -2.10. The van der Waals surface area contributed by atoms with Crippen molar-refractivity contribution < 1.29 is 14.3 Å². The van der Waals surface area contributed by atoms with E-state index in [1.54, 1.807) is 31.4 Å². The number of fused-ring (bicyclic) bond motifs is 5. The van der Waals surface area contributed by atoms with Gasteiger partial charge in [-0.2, -0.15) is 0 Å². The van der Waals surface area contributed by atoms with Crippen LogP contribution in [0.1, 0.15) is 6.42 Å². The highest BCUT2D eigenvalue weighted by molar-refractivity contribution is 6.22. The quantitative estimate of drug-likeness (QED) is 0.609. The molecule has 0 spiro atoms. The Balaban J connectivity index is 1.74. The molecule has 1 saturated heterocycles. The summed E-state index contributed by atoms with van der Waals surface area (Å²) in [4.78, 5) is 26.6. The van der Waals surface area contributed by atoms with E-state index in [9.17, 15) is 9.59 Å². The molecule has 2 amide bonds. The fourth-order valence-corrected chi connectivity index (χ4v) is 3.91. The first-order valence-corrected chi connectivity index (χ1v) is 6.91. The molecule has 2 fully saturated rings. The van der Waals surface area contributed by atoms with Crippen molar-refractivity contribution in [3.8, 4) is 5.75 Å². The minimum atomic E-state index is -0.149.